The summed E-state index contributed by atoms with van der Waals surface area (Å²) in [6, 6.07) is 0. The highest BCUT2D eigenvalue weighted by Gasteiger charge is 2.26. The Bertz CT molecular complexity index is 55.0. The molecule has 3 saturated carbocycles. The molecule has 0 saturated heterocycles. The van der Waals surface area contributed by atoms with Gasteiger partial charge in [0.1, 0.15) is 0 Å². The summed E-state index contributed by atoms with van der Waals surface area (Å²) in [4.78, 5) is 0. The van der Waals surface area contributed by atoms with Crippen LogP contribution in [0.3, 0.4) is 0 Å². The molecule has 1 radical (unpaired) electrons. The van der Waals surface area contributed by atoms with Gasteiger partial charge in [-0.05, 0) is 50.4 Å². The van der Waals surface area contributed by atoms with Crippen molar-refractivity contribution >= 4 is 0 Å². The van der Waals surface area contributed by atoms with Crippen molar-refractivity contribution in [3.8, 4) is 0 Å². The molecule has 0 heterocycles. The Kier molecular flexibility index (Phi) is 1.06. The molecule has 0 heteroatoms. The minimum atomic E-state index is 1.13. The Morgan fingerprint density at radius 1 is 0.875 bits per heavy atom. The molecule has 0 amide bonds. The molecule has 2 bridgehead atoms. The van der Waals surface area contributed by atoms with Gasteiger partial charge in [-0.1, -0.05) is 0 Å². The predicted octanol–water partition coefficient (Wildman–Crippen LogP) is 2.54. The normalized spacial score (nSPS) is 31.5. The molecule has 0 aromatic heterocycles. The molecule has 0 aromatic rings. The number of rotatable bonds is 0. The molecule has 0 nitrogen and oxygen atoms in total. The third kappa shape index (κ3) is 0.667. The standard InChI is InChI=1S/C8H13/c1-2-8-5-3-7(1)4-6-8/h7H,1-6H2. The Morgan fingerprint density at radius 2 is 1.38 bits per heavy atom. The molecule has 0 spiro atoms. The highest BCUT2D eigenvalue weighted by atomic mass is 14.3. The van der Waals surface area contributed by atoms with E-state index in [4.69, 9.17) is 0 Å². The Labute approximate surface area is 51.3 Å². The van der Waals surface area contributed by atoms with Gasteiger partial charge in [0.2, 0.25) is 0 Å². The zero-order valence-corrected chi connectivity index (χ0v) is 5.32. The van der Waals surface area contributed by atoms with Crippen LogP contribution in [0.25, 0.3) is 0 Å². The first-order chi connectivity index (χ1) is 3.95. The van der Waals surface area contributed by atoms with Gasteiger partial charge in [0.15, 0.2) is 0 Å². The average molecular weight is 109 g/mol. The van der Waals surface area contributed by atoms with Crippen LogP contribution in [0.15, 0.2) is 0 Å². The van der Waals surface area contributed by atoms with Crippen LogP contribution < -0.4 is 0 Å². The summed E-state index contributed by atoms with van der Waals surface area (Å²) in [6.45, 7) is 0. The van der Waals surface area contributed by atoms with Crippen LogP contribution in [0.4, 0.5) is 0 Å². The molecule has 0 aromatic carbocycles. The minimum absolute atomic E-state index is 1.13. The van der Waals surface area contributed by atoms with Crippen molar-refractivity contribution in [1.82, 2.24) is 0 Å². The van der Waals surface area contributed by atoms with E-state index < -0.39 is 0 Å². The predicted molar refractivity (Wildman–Crippen MR) is 34.4 cm³/mol. The lowest BCUT2D eigenvalue weighted by molar-refractivity contribution is 0.283. The van der Waals surface area contributed by atoms with Gasteiger partial charge < -0.3 is 0 Å². The Balaban J connectivity index is 2.03. The van der Waals surface area contributed by atoms with E-state index in [1.807, 2.05) is 5.92 Å². The van der Waals surface area contributed by atoms with Gasteiger partial charge in [-0.3, -0.25) is 0 Å². The average Bonchev–Trinajstić information content (AvgIpc) is 1.92. The van der Waals surface area contributed by atoms with Gasteiger partial charge in [0.05, 0.1) is 0 Å². The highest BCUT2D eigenvalue weighted by molar-refractivity contribution is 4.99. The highest BCUT2D eigenvalue weighted by Crippen LogP contribution is 2.42. The molecule has 3 fully saturated rings. The van der Waals surface area contributed by atoms with E-state index in [-0.39, 0.29) is 0 Å². The second-order valence-corrected chi connectivity index (χ2v) is 3.23. The topological polar surface area (TPSA) is 0 Å². The second-order valence-electron chi connectivity index (χ2n) is 3.23. The fraction of sp³-hybridized carbons (Fsp3) is 0.875. The summed E-state index contributed by atoms with van der Waals surface area (Å²) in [7, 11) is 0. The van der Waals surface area contributed by atoms with E-state index in [2.05, 4.69) is 0 Å². The summed E-state index contributed by atoms with van der Waals surface area (Å²) < 4.78 is 0. The fourth-order valence-electron chi connectivity index (χ4n) is 2.03. The fourth-order valence-corrected chi connectivity index (χ4v) is 2.03. The maximum atomic E-state index is 1.87. The summed E-state index contributed by atoms with van der Waals surface area (Å²) in [5, 5.41) is 0. The van der Waals surface area contributed by atoms with Gasteiger partial charge in [-0.15, -0.1) is 0 Å². The molecule has 0 atom stereocenters. The lowest BCUT2D eigenvalue weighted by Gasteiger charge is -2.34. The lowest BCUT2D eigenvalue weighted by Crippen LogP contribution is -2.20. The third-order valence-corrected chi connectivity index (χ3v) is 2.72. The summed E-state index contributed by atoms with van der Waals surface area (Å²) >= 11 is 0. The zero-order chi connectivity index (χ0) is 5.40. The molecule has 3 aliphatic rings. The monoisotopic (exact) mass is 109 g/mol. The van der Waals surface area contributed by atoms with Crippen molar-refractivity contribution in [2.24, 2.45) is 5.92 Å². The van der Waals surface area contributed by atoms with Crippen LogP contribution >= 0.6 is 0 Å². The molecule has 45 valence electrons. The van der Waals surface area contributed by atoms with Crippen LogP contribution in [0.1, 0.15) is 38.5 Å². The quantitative estimate of drug-likeness (QED) is 0.448. The maximum Gasteiger partial charge on any atom is -0.0241 e. The number of fused-ring (bicyclic) bond motifs is 3. The van der Waals surface area contributed by atoms with Crippen molar-refractivity contribution < 1.29 is 0 Å². The van der Waals surface area contributed by atoms with Gasteiger partial charge >= 0.3 is 0 Å². The summed E-state index contributed by atoms with van der Waals surface area (Å²) in [5.41, 5.74) is 0. The molecule has 0 unspecified atom stereocenters. The molecule has 3 rings (SSSR count). The SMILES string of the molecule is C1CC2CC[C]1CC2. The molecular weight excluding hydrogens is 96.1 g/mol. The van der Waals surface area contributed by atoms with E-state index in [1.54, 1.807) is 0 Å². The Hall–Kier alpha value is 0. The van der Waals surface area contributed by atoms with Gasteiger partial charge in [-0.2, -0.15) is 0 Å². The third-order valence-electron chi connectivity index (χ3n) is 2.72. The number of hydrogen-bond donors (Lipinski definition) is 0. The van der Waals surface area contributed by atoms with E-state index >= 15 is 0 Å². The first-order valence-electron chi connectivity index (χ1n) is 3.79. The van der Waals surface area contributed by atoms with Crippen molar-refractivity contribution in [3.05, 3.63) is 5.92 Å². The summed E-state index contributed by atoms with van der Waals surface area (Å²) in [6.07, 6.45) is 9.00. The van der Waals surface area contributed by atoms with Crippen molar-refractivity contribution in [2.75, 3.05) is 0 Å². The summed E-state index contributed by atoms with van der Waals surface area (Å²) in [5.74, 6) is 3.00. The molecule has 0 N–H and O–H groups in total. The molecule has 3 aliphatic carbocycles. The maximum absolute atomic E-state index is 1.87. The smallest absolute Gasteiger partial charge is 0.0241 e. The van der Waals surface area contributed by atoms with Crippen LogP contribution in [0.5, 0.6) is 0 Å². The van der Waals surface area contributed by atoms with Gasteiger partial charge in [-0.25, -0.2) is 0 Å². The van der Waals surface area contributed by atoms with Gasteiger partial charge in [0.25, 0.3) is 0 Å². The lowest BCUT2D eigenvalue weighted by atomic mass is 9.71. The van der Waals surface area contributed by atoms with E-state index in [9.17, 15) is 0 Å². The first kappa shape index (κ1) is 4.84. The number of hydrogen-bond acceptors (Lipinski definition) is 0. The van der Waals surface area contributed by atoms with Crippen LogP contribution in [-0.2, 0) is 0 Å². The van der Waals surface area contributed by atoms with E-state index in [0.29, 0.717) is 0 Å². The van der Waals surface area contributed by atoms with Crippen molar-refractivity contribution in [3.63, 3.8) is 0 Å². The first-order valence-corrected chi connectivity index (χ1v) is 3.79. The van der Waals surface area contributed by atoms with Crippen molar-refractivity contribution in [2.45, 2.75) is 38.5 Å². The van der Waals surface area contributed by atoms with Crippen LogP contribution in [0.2, 0.25) is 0 Å². The second kappa shape index (κ2) is 1.75. The molecular formula is C8H13. The van der Waals surface area contributed by atoms with Gasteiger partial charge in [0, 0.05) is 0 Å². The largest absolute Gasteiger partial charge is 0.0499 e. The van der Waals surface area contributed by atoms with Crippen molar-refractivity contribution in [1.29, 1.82) is 0 Å². The Morgan fingerprint density at radius 3 is 1.50 bits per heavy atom. The molecule has 0 aliphatic heterocycles. The van der Waals surface area contributed by atoms with E-state index in [1.165, 1.54) is 38.5 Å². The molecule has 8 heavy (non-hydrogen) atoms. The zero-order valence-electron chi connectivity index (χ0n) is 5.32. The van der Waals surface area contributed by atoms with Crippen LogP contribution in [-0.4, -0.2) is 0 Å². The van der Waals surface area contributed by atoms with E-state index in [0.717, 1.165) is 5.92 Å². The van der Waals surface area contributed by atoms with Crippen LogP contribution in [0, 0.1) is 11.8 Å². The minimum Gasteiger partial charge on any atom is -0.0499 e.